The number of amides is 2. The summed E-state index contributed by atoms with van der Waals surface area (Å²) in [7, 11) is 5.48. The smallest absolute Gasteiger partial charge is 0.418 e. The van der Waals surface area contributed by atoms with Crippen LogP contribution in [0, 0.1) is 0 Å². The molecule has 0 aliphatic carbocycles. The average molecular weight is 686 g/mol. The minimum atomic E-state index is -0.625. The lowest BCUT2D eigenvalue weighted by Gasteiger charge is -2.37. The van der Waals surface area contributed by atoms with E-state index in [1.807, 2.05) is 53.9 Å². The van der Waals surface area contributed by atoms with Crippen molar-refractivity contribution in [3.8, 4) is 11.6 Å². The van der Waals surface area contributed by atoms with Gasteiger partial charge in [0.05, 0.1) is 30.0 Å². The predicted molar refractivity (Wildman–Crippen MR) is 188 cm³/mol. The summed E-state index contributed by atoms with van der Waals surface area (Å²) < 4.78 is 13.2. The van der Waals surface area contributed by atoms with Gasteiger partial charge in [0.1, 0.15) is 0 Å². The van der Waals surface area contributed by atoms with E-state index < -0.39 is 6.09 Å². The van der Waals surface area contributed by atoms with Crippen molar-refractivity contribution < 1.29 is 19.1 Å². The number of likely N-dealkylation sites (tertiary alicyclic amines) is 1. The third kappa shape index (κ3) is 8.29. The van der Waals surface area contributed by atoms with Gasteiger partial charge in [-0.1, -0.05) is 39.0 Å². The predicted octanol–water partition coefficient (Wildman–Crippen LogP) is 5.68. The Bertz CT molecular complexity index is 1480. The summed E-state index contributed by atoms with van der Waals surface area (Å²) in [6, 6.07) is 11.8. The molecule has 0 spiro atoms. The Kier molecular flexibility index (Phi) is 13.3. The first-order valence-electron chi connectivity index (χ1n) is 14.7. The largest absolute Gasteiger partial charge is 0.492 e. The fourth-order valence-corrected chi connectivity index (χ4v) is 6.14. The molecule has 2 amide bonds. The van der Waals surface area contributed by atoms with Gasteiger partial charge in [0.25, 0.3) is 0 Å². The third-order valence-corrected chi connectivity index (χ3v) is 8.60. The van der Waals surface area contributed by atoms with Crippen LogP contribution in [0.15, 0.2) is 36.4 Å². The number of fused-ring (bicyclic) bond motifs is 1. The summed E-state index contributed by atoms with van der Waals surface area (Å²) in [4.78, 5) is 32.7. The zero-order valence-electron chi connectivity index (χ0n) is 26.9. The number of nitrogens with two attached hydrogens (primary N) is 1. The summed E-state index contributed by atoms with van der Waals surface area (Å²) >= 11 is 0. The van der Waals surface area contributed by atoms with E-state index in [0.717, 1.165) is 74.1 Å². The molecule has 13 heteroatoms. The van der Waals surface area contributed by atoms with Crippen molar-refractivity contribution >= 4 is 71.5 Å². The Morgan fingerprint density at radius 2 is 1.69 bits per heavy atom. The van der Waals surface area contributed by atoms with Crippen LogP contribution in [0.25, 0.3) is 10.9 Å². The Morgan fingerprint density at radius 1 is 1.00 bits per heavy atom. The molecule has 1 unspecified atom stereocenters. The number of para-hydroxylation sites is 1. The molecule has 2 aromatic carbocycles. The lowest BCUT2D eigenvalue weighted by Crippen LogP contribution is -2.52. The second-order valence-electron chi connectivity index (χ2n) is 12.5. The van der Waals surface area contributed by atoms with E-state index in [4.69, 9.17) is 15.2 Å². The number of aryl methyl sites for hydroxylation is 1. The molecular weight excluding hydrogens is 639 g/mol. The fourth-order valence-electron chi connectivity index (χ4n) is 6.14. The molecule has 0 bridgehead atoms. The standard InChI is InChI=1S/C32H44N6O4.3ClH/c1-32(2,3)23-18-24(33)29(41-6)25(19-23)34-31(40)42-27-17-21-9-7-10-22(28(21)36(27)5)20-37-13-15-38(16-14-37)30(39)26-11-8-12-35(26)4;;;/h7,9-10,17-19,26H,8,11-16,20,33H2,1-6H3,(H,34,40);3*1H. The number of likely N-dealkylation sites (N-methyl/N-ethyl adjacent to an activating group) is 1. The number of rotatable bonds is 6. The third-order valence-electron chi connectivity index (χ3n) is 8.60. The van der Waals surface area contributed by atoms with Gasteiger partial charge in [-0.25, -0.2) is 4.79 Å². The molecule has 2 aliphatic rings. The molecule has 0 radical (unpaired) electrons. The van der Waals surface area contributed by atoms with Gasteiger partial charge in [-0.2, -0.15) is 0 Å². The number of hydrogen-bond donors (Lipinski definition) is 2. The highest BCUT2D eigenvalue weighted by Crippen LogP contribution is 2.37. The van der Waals surface area contributed by atoms with Crippen LogP contribution in [-0.4, -0.2) is 84.2 Å². The summed E-state index contributed by atoms with van der Waals surface area (Å²) in [5.74, 6) is 1.10. The lowest BCUT2D eigenvalue weighted by atomic mass is 9.86. The Balaban J connectivity index is 0.00000235. The molecule has 2 aliphatic heterocycles. The number of carbonyl (C=O) groups is 2. The Hall–Kier alpha value is -2.89. The van der Waals surface area contributed by atoms with Crippen LogP contribution >= 0.6 is 37.2 Å². The number of halogens is 3. The van der Waals surface area contributed by atoms with E-state index >= 15 is 0 Å². The van der Waals surface area contributed by atoms with E-state index in [2.05, 4.69) is 42.0 Å². The van der Waals surface area contributed by atoms with Gasteiger partial charge < -0.3 is 24.7 Å². The number of piperazine rings is 1. The van der Waals surface area contributed by atoms with Gasteiger partial charge in [0.15, 0.2) is 5.75 Å². The molecule has 250 valence electrons. The molecule has 2 fully saturated rings. The van der Waals surface area contributed by atoms with Crippen LogP contribution in [-0.2, 0) is 23.8 Å². The first-order valence-corrected chi connectivity index (χ1v) is 14.7. The highest BCUT2D eigenvalue weighted by atomic mass is 35.5. The number of aromatic nitrogens is 1. The zero-order valence-corrected chi connectivity index (χ0v) is 29.4. The van der Waals surface area contributed by atoms with Gasteiger partial charge in [-0.05, 0) is 55.1 Å². The number of nitrogens with one attached hydrogen (secondary N) is 1. The number of methoxy groups -OCH3 is 1. The van der Waals surface area contributed by atoms with Crippen LogP contribution < -0.4 is 20.5 Å². The van der Waals surface area contributed by atoms with Crippen molar-refractivity contribution in [2.24, 2.45) is 7.05 Å². The second-order valence-corrected chi connectivity index (χ2v) is 12.5. The van der Waals surface area contributed by atoms with Crippen LogP contribution in [0.5, 0.6) is 11.6 Å². The monoisotopic (exact) mass is 684 g/mol. The fraction of sp³-hybridized carbons (Fsp3) is 0.500. The number of ether oxygens (including phenoxy) is 2. The molecule has 10 nitrogen and oxygen atoms in total. The van der Waals surface area contributed by atoms with E-state index in [1.165, 1.54) is 7.11 Å². The van der Waals surface area contributed by atoms with Gasteiger partial charge in [-0.3, -0.25) is 19.9 Å². The number of hydrogen-bond acceptors (Lipinski definition) is 7. The molecule has 1 atom stereocenters. The van der Waals surface area contributed by atoms with E-state index in [-0.39, 0.29) is 54.6 Å². The SMILES string of the molecule is COc1c(N)cc(C(C)(C)C)cc1NC(=O)Oc1cc2cccc(CN3CCN(C(=O)C4CCCN4C)CC3)c2n1C.Cl.Cl.Cl. The van der Waals surface area contributed by atoms with Gasteiger partial charge in [0.2, 0.25) is 11.8 Å². The van der Waals surface area contributed by atoms with E-state index in [1.54, 1.807) is 0 Å². The number of nitrogen functional groups attached to an aromatic ring is 1. The lowest BCUT2D eigenvalue weighted by molar-refractivity contribution is -0.137. The van der Waals surface area contributed by atoms with E-state index in [9.17, 15) is 9.59 Å². The van der Waals surface area contributed by atoms with Crippen molar-refractivity contribution in [3.63, 3.8) is 0 Å². The molecule has 1 aromatic heterocycles. The number of benzene rings is 2. The van der Waals surface area contributed by atoms with E-state index in [0.29, 0.717) is 23.0 Å². The minimum Gasteiger partial charge on any atom is -0.492 e. The van der Waals surface area contributed by atoms with Gasteiger partial charge in [0, 0.05) is 51.2 Å². The topological polar surface area (TPSA) is 105 Å². The van der Waals surface area contributed by atoms with Crippen LogP contribution in [0.2, 0.25) is 0 Å². The summed E-state index contributed by atoms with van der Waals surface area (Å²) in [5, 5.41) is 3.82. The Morgan fingerprint density at radius 3 is 2.29 bits per heavy atom. The molecule has 2 saturated heterocycles. The normalized spacial score (nSPS) is 17.2. The number of anilines is 2. The first kappa shape index (κ1) is 38.3. The average Bonchev–Trinajstić information content (AvgIpc) is 3.51. The quantitative estimate of drug-likeness (QED) is 0.322. The summed E-state index contributed by atoms with van der Waals surface area (Å²) in [5.41, 5.74) is 10.1. The Labute approximate surface area is 284 Å². The number of nitrogens with zero attached hydrogens (tertiary/aromatic N) is 4. The van der Waals surface area contributed by atoms with Crippen molar-refractivity contribution in [1.29, 1.82) is 0 Å². The molecule has 3 N–H and O–H groups in total. The second kappa shape index (κ2) is 15.6. The molecule has 45 heavy (non-hydrogen) atoms. The highest BCUT2D eigenvalue weighted by Gasteiger charge is 2.33. The van der Waals surface area contributed by atoms with Crippen LogP contribution in [0.1, 0.15) is 44.7 Å². The van der Waals surface area contributed by atoms with Crippen molar-refractivity contribution in [2.75, 3.05) is 57.9 Å². The van der Waals surface area contributed by atoms with Gasteiger partial charge in [-0.15, -0.1) is 37.2 Å². The molecule has 5 rings (SSSR count). The van der Waals surface area contributed by atoms with Crippen LogP contribution in [0.4, 0.5) is 16.2 Å². The maximum Gasteiger partial charge on any atom is 0.418 e. The number of carbonyl (C=O) groups excluding carboxylic acids is 2. The highest BCUT2D eigenvalue weighted by molar-refractivity contribution is 5.92. The minimum absolute atomic E-state index is 0. The summed E-state index contributed by atoms with van der Waals surface area (Å²) in [6.45, 7) is 11.1. The van der Waals surface area contributed by atoms with Crippen molar-refractivity contribution in [3.05, 3.63) is 47.5 Å². The van der Waals surface area contributed by atoms with Crippen molar-refractivity contribution in [2.45, 2.75) is 51.6 Å². The first-order chi connectivity index (χ1) is 20.0. The molecule has 0 saturated carbocycles. The summed E-state index contributed by atoms with van der Waals surface area (Å²) in [6.07, 6.45) is 1.42. The maximum atomic E-state index is 13.1. The maximum absolute atomic E-state index is 13.1. The van der Waals surface area contributed by atoms with Gasteiger partial charge >= 0.3 is 6.09 Å². The van der Waals surface area contributed by atoms with Crippen molar-refractivity contribution in [1.82, 2.24) is 19.3 Å². The molecule has 3 heterocycles. The molecular formula is C32H47Cl3N6O4. The molecule has 3 aromatic rings. The zero-order chi connectivity index (χ0) is 30.2. The van der Waals surface area contributed by atoms with Crippen LogP contribution in [0.3, 0.4) is 0 Å².